The Hall–Kier alpha value is -2.62. The smallest absolute Gasteiger partial charge is 0.278 e. The molecule has 2 heterocycles. The molecule has 0 fully saturated rings. The SMILES string of the molecule is Cc1ccc(S(=O)(=O)N2c3[nH]c4ccccc4c3C(c3cccc(Br)c3)CS2(=O)=O)cc1. The van der Waals surface area contributed by atoms with E-state index in [2.05, 4.69) is 20.9 Å². The zero-order chi connectivity index (χ0) is 22.7. The molecule has 9 heteroatoms. The number of hydrogen-bond donors (Lipinski definition) is 1. The van der Waals surface area contributed by atoms with Crippen LogP contribution in [0.2, 0.25) is 0 Å². The van der Waals surface area contributed by atoms with Crippen LogP contribution in [0.3, 0.4) is 0 Å². The fourth-order valence-electron chi connectivity index (χ4n) is 4.21. The molecule has 1 aliphatic heterocycles. The summed E-state index contributed by atoms with van der Waals surface area (Å²) < 4.78 is 55.5. The van der Waals surface area contributed by atoms with Gasteiger partial charge in [-0.05, 0) is 42.8 Å². The Morgan fingerprint density at radius 3 is 2.44 bits per heavy atom. The molecule has 1 aromatic heterocycles. The molecule has 4 aromatic rings. The summed E-state index contributed by atoms with van der Waals surface area (Å²) in [5.74, 6) is -0.806. The number of halogens is 1. The fourth-order valence-corrected chi connectivity index (χ4v) is 8.66. The maximum atomic E-state index is 13.6. The van der Waals surface area contributed by atoms with Gasteiger partial charge in [0, 0.05) is 26.9 Å². The van der Waals surface area contributed by atoms with Crippen molar-refractivity contribution in [2.45, 2.75) is 17.7 Å². The summed E-state index contributed by atoms with van der Waals surface area (Å²) in [5.41, 5.74) is 3.01. The van der Waals surface area contributed by atoms with E-state index in [1.165, 1.54) is 12.1 Å². The van der Waals surface area contributed by atoms with Crippen LogP contribution in [0, 0.1) is 6.92 Å². The number of fused-ring (bicyclic) bond motifs is 3. The molecule has 0 saturated heterocycles. The summed E-state index contributed by atoms with van der Waals surface area (Å²) in [6, 6.07) is 21.0. The van der Waals surface area contributed by atoms with Crippen LogP contribution in [0.25, 0.3) is 10.9 Å². The predicted molar refractivity (Wildman–Crippen MR) is 129 cm³/mol. The van der Waals surface area contributed by atoms with Crippen LogP contribution in [0.5, 0.6) is 0 Å². The van der Waals surface area contributed by atoms with Gasteiger partial charge in [-0.15, -0.1) is 3.71 Å². The van der Waals surface area contributed by atoms with E-state index in [0.717, 1.165) is 21.0 Å². The van der Waals surface area contributed by atoms with Crippen molar-refractivity contribution in [1.82, 2.24) is 4.98 Å². The summed E-state index contributed by atoms with van der Waals surface area (Å²) in [6.07, 6.45) is 0. The highest BCUT2D eigenvalue weighted by atomic mass is 79.9. The van der Waals surface area contributed by atoms with Gasteiger partial charge in [0.05, 0.1) is 10.6 Å². The Labute approximate surface area is 195 Å². The number of benzene rings is 3. The van der Waals surface area contributed by atoms with Crippen LogP contribution in [0.4, 0.5) is 5.82 Å². The standard InChI is InChI=1S/C23H19BrN2O4S2/c1-15-9-11-18(12-10-15)32(29,30)26-23-22(19-7-2-3-8-21(19)25-23)20(14-31(26,27)28)16-5-4-6-17(24)13-16/h2-13,20,25H,14H2,1H3. The van der Waals surface area contributed by atoms with Crippen molar-refractivity contribution in [2.75, 3.05) is 9.46 Å². The summed E-state index contributed by atoms with van der Waals surface area (Å²) in [5, 5.41) is 0.798. The van der Waals surface area contributed by atoms with Crippen molar-refractivity contribution >= 4 is 52.7 Å². The number of nitrogens with one attached hydrogen (secondary N) is 1. The van der Waals surface area contributed by atoms with Gasteiger partial charge >= 0.3 is 0 Å². The third kappa shape index (κ3) is 3.35. The number of aromatic amines is 1. The third-order valence-electron chi connectivity index (χ3n) is 5.67. The van der Waals surface area contributed by atoms with Crippen molar-refractivity contribution in [1.29, 1.82) is 0 Å². The van der Waals surface area contributed by atoms with E-state index >= 15 is 0 Å². The second kappa shape index (κ2) is 7.47. The van der Waals surface area contributed by atoms with Crippen molar-refractivity contribution in [3.8, 4) is 0 Å². The number of rotatable bonds is 3. The van der Waals surface area contributed by atoms with E-state index in [0.29, 0.717) is 14.8 Å². The maximum absolute atomic E-state index is 13.6. The minimum atomic E-state index is -4.36. The first-order valence-corrected chi connectivity index (χ1v) is 13.7. The molecule has 5 rings (SSSR count). The Morgan fingerprint density at radius 1 is 1.00 bits per heavy atom. The van der Waals surface area contributed by atoms with Gasteiger partial charge < -0.3 is 4.98 Å². The van der Waals surface area contributed by atoms with Gasteiger partial charge in [-0.25, -0.2) is 8.42 Å². The molecule has 1 aliphatic rings. The van der Waals surface area contributed by atoms with E-state index in [4.69, 9.17) is 0 Å². The topological polar surface area (TPSA) is 87.3 Å². The lowest BCUT2D eigenvalue weighted by Gasteiger charge is -2.32. The fraction of sp³-hybridized carbons (Fsp3) is 0.130. The van der Waals surface area contributed by atoms with Crippen molar-refractivity contribution in [2.24, 2.45) is 0 Å². The quantitative estimate of drug-likeness (QED) is 0.407. The van der Waals surface area contributed by atoms with E-state index in [9.17, 15) is 16.8 Å². The van der Waals surface area contributed by atoms with E-state index < -0.39 is 26.0 Å². The largest absolute Gasteiger partial charge is 0.339 e. The average molecular weight is 531 g/mol. The first-order valence-electron chi connectivity index (χ1n) is 9.89. The molecule has 1 atom stereocenters. The van der Waals surface area contributed by atoms with Gasteiger partial charge in [-0.1, -0.05) is 64.0 Å². The molecule has 0 spiro atoms. The number of anilines is 1. The lowest BCUT2D eigenvalue weighted by Crippen LogP contribution is -2.43. The van der Waals surface area contributed by atoms with Crippen molar-refractivity contribution in [3.63, 3.8) is 0 Å². The van der Waals surface area contributed by atoms with Crippen LogP contribution < -0.4 is 3.71 Å². The number of nitrogens with zero attached hydrogens (tertiary/aromatic N) is 1. The Bertz CT molecular complexity index is 1560. The number of aryl methyl sites for hydroxylation is 1. The summed E-state index contributed by atoms with van der Waals surface area (Å²) in [4.78, 5) is 3.01. The second-order valence-corrected chi connectivity index (χ2v) is 12.6. The lowest BCUT2D eigenvalue weighted by atomic mass is 9.92. The number of sulfonamides is 2. The van der Waals surface area contributed by atoms with E-state index in [1.54, 1.807) is 12.1 Å². The minimum Gasteiger partial charge on any atom is -0.339 e. The Kier molecular flexibility index (Phi) is 4.96. The monoisotopic (exact) mass is 530 g/mol. The number of hydrogen-bond acceptors (Lipinski definition) is 4. The molecule has 0 radical (unpaired) electrons. The molecule has 6 nitrogen and oxygen atoms in total. The first-order chi connectivity index (χ1) is 15.2. The molecule has 32 heavy (non-hydrogen) atoms. The highest BCUT2D eigenvalue weighted by Crippen LogP contribution is 2.46. The van der Waals surface area contributed by atoms with Crippen molar-refractivity contribution < 1.29 is 16.8 Å². The van der Waals surface area contributed by atoms with Gasteiger partial charge in [-0.3, -0.25) is 0 Å². The van der Waals surface area contributed by atoms with Gasteiger partial charge in [0.15, 0.2) is 0 Å². The molecule has 0 saturated carbocycles. The molecule has 1 unspecified atom stereocenters. The molecule has 0 bridgehead atoms. The molecule has 0 amide bonds. The van der Waals surface area contributed by atoms with Crippen LogP contribution in [0.1, 0.15) is 22.6 Å². The normalized spacial score (nSPS) is 17.9. The second-order valence-electron chi connectivity index (χ2n) is 7.83. The number of H-pyrrole nitrogens is 1. The lowest BCUT2D eigenvalue weighted by molar-refractivity contribution is 0.579. The highest BCUT2D eigenvalue weighted by molar-refractivity contribution is 9.10. The van der Waals surface area contributed by atoms with Gasteiger partial charge in [0.2, 0.25) is 0 Å². The van der Waals surface area contributed by atoms with Crippen molar-refractivity contribution in [3.05, 3.63) is 94.0 Å². The predicted octanol–water partition coefficient (Wildman–Crippen LogP) is 4.91. The van der Waals surface area contributed by atoms with Crippen LogP contribution in [0.15, 0.2) is 82.2 Å². The zero-order valence-electron chi connectivity index (χ0n) is 17.0. The van der Waals surface area contributed by atoms with Gasteiger partial charge in [0.1, 0.15) is 5.82 Å². The Balaban J connectivity index is 1.80. The van der Waals surface area contributed by atoms with Gasteiger partial charge in [0.25, 0.3) is 20.0 Å². The average Bonchev–Trinajstić information content (AvgIpc) is 3.11. The maximum Gasteiger partial charge on any atom is 0.278 e. The summed E-state index contributed by atoms with van der Waals surface area (Å²) in [6.45, 7) is 1.84. The molecule has 3 aromatic carbocycles. The minimum absolute atomic E-state index is 0.0720. The summed E-state index contributed by atoms with van der Waals surface area (Å²) >= 11 is 3.45. The zero-order valence-corrected chi connectivity index (χ0v) is 20.2. The number of para-hydroxylation sites is 1. The molecule has 1 N–H and O–H groups in total. The van der Waals surface area contributed by atoms with Crippen LogP contribution in [-0.4, -0.2) is 27.6 Å². The first kappa shape index (κ1) is 21.2. The molecular formula is C23H19BrN2O4S2. The summed E-state index contributed by atoms with van der Waals surface area (Å²) in [7, 11) is -8.57. The Morgan fingerprint density at radius 2 is 1.72 bits per heavy atom. The van der Waals surface area contributed by atoms with Crippen LogP contribution >= 0.6 is 15.9 Å². The van der Waals surface area contributed by atoms with Crippen LogP contribution in [-0.2, 0) is 20.0 Å². The third-order valence-corrected chi connectivity index (χ3v) is 10.4. The molecular weight excluding hydrogens is 512 g/mol. The van der Waals surface area contributed by atoms with Gasteiger partial charge in [-0.2, -0.15) is 8.42 Å². The van der Waals surface area contributed by atoms with E-state index in [-0.39, 0.29) is 16.5 Å². The molecule has 164 valence electrons. The highest BCUT2D eigenvalue weighted by Gasteiger charge is 2.46. The molecule has 0 aliphatic carbocycles. The van der Waals surface area contributed by atoms with E-state index in [1.807, 2.05) is 55.5 Å². The number of aromatic nitrogens is 1.